The largest absolute Gasteiger partial charge is 0.322 e. The Kier molecular flexibility index (Phi) is 4.64. The minimum Gasteiger partial charge on any atom is -0.322 e. The van der Waals surface area contributed by atoms with Crippen LogP contribution in [-0.4, -0.2) is 27.4 Å². The van der Waals surface area contributed by atoms with E-state index in [1.54, 1.807) is 48.5 Å². The van der Waals surface area contributed by atoms with Crippen molar-refractivity contribution in [1.82, 2.24) is 9.55 Å². The van der Waals surface area contributed by atoms with Gasteiger partial charge < -0.3 is 4.57 Å². The Labute approximate surface area is 182 Å². The lowest BCUT2D eigenvalue weighted by molar-refractivity contribution is -0.104. The molecule has 150 valence electrons. The predicted octanol–water partition coefficient (Wildman–Crippen LogP) is 4.68. The minimum atomic E-state index is -0.213. The van der Waals surface area contributed by atoms with E-state index in [1.807, 2.05) is 35.9 Å². The maximum Gasteiger partial charge on any atom is 0.195 e. The van der Waals surface area contributed by atoms with Crippen LogP contribution in [-0.2, 0) is 11.8 Å². The highest BCUT2D eigenvalue weighted by atomic mass is 32.2. The van der Waals surface area contributed by atoms with E-state index in [4.69, 9.17) is 0 Å². The second kappa shape index (κ2) is 7.49. The molecule has 31 heavy (non-hydrogen) atoms. The van der Waals surface area contributed by atoms with E-state index >= 15 is 0 Å². The molecule has 1 aromatic heterocycles. The van der Waals surface area contributed by atoms with Gasteiger partial charge in [-0.25, -0.2) is 4.98 Å². The highest BCUT2D eigenvalue weighted by Crippen LogP contribution is 2.33. The number of nitrogens with zero attached hydrogens (tertiary/aromatic N) is 2. The van der Waals surface area contributed by atoms with Gasteiger partial charge in [-0.15, -0.1) is 0 Å². The Morgan fingerprint density at radius 3 is 2.29 bits per heavy atom. The smallest absolute Gasteiger partial charge is 0.195 e. The Morgan fingerprint density at radius 2 is 1.55 bits per heavy atom. The molecule has 0 spiro atoms. The van der Waals surface area contributed by atoms with Crippen LogP contribution in [0.2, 0.25) is 0 Å². The first kappa shape index (κ1) is 19.2. The number of benzene rings is 3. The van der Waals surface area contributed by atoms with E-state index in [-0.39, 0.29) is 11.6 Å². The topological polar surface area (TPSA) is 69.0 Å². The maximum atomic E-state index is 13.2. The monoisotopic (exact) mass is 424 g/mol. The number of allylic oxidation sites excluding steroid dienone is 1. The van der Waals surface area contributed by atoms with Crippen molar-refractivity contribution in [1.29, 1.82) is 0 Å². The van der Waals surface area contributed by atoms with Gasteiger partial charge in [0, 0.05) is 29.3 Å². The molecule has 0 unspecified atom stereocenters. The van der Waals surface area contributed by atoms with Gasteiger partial charge >= 0.3 is 0 Å². The average molecular weight is 424 g/mol. The number of aldehydes is 1. The number of thioether (sulfide) groups is 1. The van der Waals surface area contributed by atoms with E-state index in [1.165, 1.54) is 11.8 Å². The van der Waals surface area contributed by atoms with Gasteiger partial charge in [0.2, 0.25) is 0 Å². The molecule has 1 aliphatic rings. The third-order valence-corrected chi connectivity index (χ3v) is 6.35. The Bertz CT molecular complexity index is 1430. The van der Waals surface area contributed by atoms with E-state index in [2.05, 4.69) is 4.98 Å². The number of carbonyl (C=O) groups excluding carboxylic acids is 3. The molecule has 0 saturated heterocycles. The SMILES string of the molecule is Cn1c(SC(C=O)=Cc2cccc3c2C(=O)c2ccccc2C3=O)nc2ccccc21. The van der Waals surface area contributed by atoms with Crippen LogP contribution >= 0.6 is 11.8 Å². The van der Waals surface area contributed by atoms with Crippen LogP contribution in [0.5, 0.6) is 0 Å². The van der Waals surface area contributed by atoms with Gasteiger partial charge in [-0.1, -0.05) is 54.6 Å². The molecule has 1 heterocycles. The number of imidazole rings is 1. The summed E-state index contributed by atoms with van der Waals surface area (Å²) >= 11 is 1.22. The zero-order chi connectivity index (χ0) is 21.5. The quantitative estimate of drug-likeness (QED) is 0.238. The fourth-order valence-electron chi connectivity index (χ4n) is 3.85. The number of aromatic nitrogens is 2. The number of hydrogen-bond acceptors (Lipinski definition) is 5. The van der Waals surface area contributed by atoms with E-state index in [0.717, 1.165) is 17.3 Å². The molecule has 6 heteroatoms. The summed E-state index contributed by atoms with van der Waals surface area (Å²) < 4.78 is 1.92. The molecule has 0 amide bonds. The van der Waals surface area contributed by atoms with E-state index in [9.17, 15) is 14.4 Å². The first-order chi connectivity index (χ1) is 15.1. The fraction of sp³-hybridized carbons (Fsp3) is 0.0400. The second-order valence-corrected chi connectivity index (χ2v) is 8.22. The number of fused-ring (bicyclic) bond motifs is 3. The van der Waals surface area contributed by atoms with Crippen LogP contribution in [0.3, 0.4) is 0 Å². The molecular weight excluding hydrogens is 408 g/mol. The van der Waals surface area contributed by atoms with Gasteiger partial charge in [-0.3, -0.25) is 14.4 Å². The maximum absolute atomic E-state index is 13.2. The third-order valence-electron chi connectivity index (χ3n) is 5.35. The van der Waals surface area contributed by atoms with Gasteiger partial charge in [-0.05, 0) is 35.5 Å². The van der Waals surface area contributed by atoms with Crippen molar-refractivity contribution in [2.45, 2.75) is 5.16 Å². The number of carbonyl (C=O) groups is 3. The molecule has 0 saturated carbocycles. The number of aryl methyl sites for hydroxylation is 1. The molecular formula is C25H16N2O3S. The van der Waals surface area contributed by atoms with Gasteiger partial charge in [0.25, 0.3) is 0 Å². The van der Waals surface area contributed by atoms with Gasteiger partial charge in [0.1, 0.15) is 0 Å². The highest BCUT2D eigenvalue weighted by Gasteiger charge is 2.30. The van der Waals surface area contributed by atoms with E-state index in [0.29, 0.717) is 37.9 Å². The molecule has 5 rings (SSSR count). The summed E-state index contributed by atoms with van der Waals surface area (Å²) in [5.41, 5.74) is 3.82. The van der Waals surface area contributed by atoms with Crippen molar-refractivity contribution < 1.29 is 14.4 Å². The van der Waals surface area contributed by atoms with Crippen LogP contribution in [0.25, 0.3) is 17.1 Å². The molecule has 1 aliphatic carbocycles. The molecule has 0 atom stereocenters. The first-order valence-electron chi connectivity index (χ1n) is 9.66. The first-order valence-corrected chi connectivity index (χ1v) is 10.5. The van der Waals surface area contributed by atoms with Gasteiger partial charge in [-0.2, -0.15) is 0 Å². The number of rotatable bonds is 4. The second-order valence-electron chi connectivity index (χ2n) is 7.18. The van der Waals surface area contributed by atoms with Crippen molar-refractivity contribution in [3.63, 3.8) is 0 Å². The van der Waals surface area contributed by atoms with Crippen molar-refractivity contribution in [2.24, 2.45) is 7.05 Å². The third kappa shape index (κ3) is 3.12. The molecule has 0 N–H and O–H groups in total. The molecule has 0 radical (unpaired) electrons. The zero-order valence-corrected chi connectivity index (χ0v) is 17.3. The lowest BCUT2D eigenvalue weighted by atomic mass is 9.82. The predicted molar refractivity (Wildman–Crippen MR) is 120 cm³/mol. The van der Waals surface area contributed by atoms with Crippen LogP contribution in [0, 0.1) is 0 Å². The van der Waals surface area contributed by atoms with Crippen molar-refractivity contribution in [3.05, 3.63) is 99.5 Å². The standard InChI is InChI=1S/C25H16N2O3S/c1-27-21-12-5-4-11-20(21)26-25(27)31-16(14-28)13-15-7-6-10-19-22(15)24(30)18-9-3-2-8-17(18)23(19)29/h2-14H,1H3. The van der Waals surface area contributed by atoms with Crippen LogP contribution in [0.1, 0.15) is 37.4 Å². The molecule has 5 nitrogen and oxygen atoms in total. The van der Waals surface area contributed by atoms with Crippen LogP contribution < -0.4 is 0 Å². The molecule has 0 fully saturated rings. The summed E-state index contributed by atoms with van der Waals surface area (Å²) in [6.45, 7) is 0. The van der Waals surface area contributed by atoms with Crippen molar-refractivity contribution >= 4 is 46.7 Å². The summed E-state index contributed by atoms with van der Waals surface area (Å²) in [5, 5.41) is 0.664. The Hall–Kier alpha value is -3.77. The summed E-state index contributed by atoms with van der Waals surface area (Å²) in [6, 6.07) is 19.7. The lowest BCUT2D eigenvalue weighted by Crippen LogP contribution is -2.21. The average Bonchev–Trinajstić information content (AvgIpc) is 3.12. The molecule has 3 aromatic carbocycles. The van der Waals surface area contributed by atoms with E-state index < -0.39 is 0 Å². The van der Waals surface area contributed by atoms with Crippen molar-refractivity contribution in [3.8, 4) is 0 Å². The highest BCUT2D eigenvalue weighted by molar-refractivity contribution is 8.03. The molecule has 0 bridgehead atoms. The summed E-state index contributed by atoms with van der Waals surface area (Å²) in [7, 11) is 1.89. The lowest BCUT2D eigenvalue weighted by Gasteiger charge is -2.19. The Morgan fingerprint density at radius 1 is 0.871 bits per heavy atom. The minimum absolute atomic E-state index is 0.184. The Balaban J connectivity index is 1.59. The fourth-order valence-corrected chi connectivity index (χ4v) is 4.68. The van der Waals surface area contributed by atoms with Gasteiger partial charge in [0.15, 0.2) is 23.0 Å². The van der Waals surface area contributed by atoms with Crippen LogP contribution in [0.15, 0.2) is 76.8 Å². The molecule has 0 aliphatic heterocycles. The van der Waals surface area contributed by atoms with Gasteiger partial charge in [0.05, 0.1) is 15.9 Å². The normalized spacial score (nSPS) is 13.3. The number of hydrogen-bond donors (Lipinski definition) is 0. The number of para-hydroxylation sites is 2. The number of ketones is 2. The van der Waals surface area contributed by atoms with Crippen LogP contribution in [0.4, 0.5) is 0 Å². The summed E-state index contributed by atoms with van der Waals surface area (Å²) in [4.78, 5) is 43.0. The van der Waals surface area contributed by atoms with Crippen molar-refractivity contribution in [2.75, 3.05) is 0 Å². The summed E-state index contributed by atoms with van der Waals surface area (Å²) in [6.07, 6.45) is 2.39. The molecule has 4 aromatic rings. The summed E-state index contributed by atoms with van der Waals surface area (Å²) in [5.74, 6) is -0.397. The zero-order valence-electron chi connectivity index (χ0n) is 16.5.